The van der Waals surface area contributed by atoms with Crippen LogP contribution in [0.1, 0.15) is 65.3 Å². The van der Waals surface area contributed by atoms with Gasteiger partial charge >= 0.3 is 6.18 Å². The smallest absolute Gasteiger partial charge is 0.405 e. The van der Waals surface area contributed by atoms with Crippen LogP contribution >= 0.6 is 7.69 Å². The van der Waals surface area contributed by atoms with Crippen molar-refractivity contribution in [1.82, 2.24) is 15.0 Å². The molecule has 0 radical (unpaired) electrons. The van der Waals surface area contributed by atoms with Crippen molar-refractivity contribution in [2.45, 2.75) is 58.3 Å². The third-order valence-corrected chi connectivity index (χ3v) is 8.76. The van der Waals surface area contributed by atoms with Crippen LogP contribution < -0.4 is 10.1 Å². The number of phenols is 1. The molecule has 4 rings (SSSR count). The van der Waals surface area contributed by atoms with E-state index >= 15 is 0 Å². The van der Waals surface area contributed by atoms with Crippen molar-refractivity contribution in [2.24, 2.45) is 5.92 Å². The Morgan fingerprint density at radius 3 is 2.50 bits per heavy atom. The van der Waals surface area contributed by atoms with Gasteiger partial charge in [0.1, 0.15) is 18.0 Å². The molecule has 2 heterocycles. The van der Waals surface area contributed by atoms with Crippen LogP contribution in [0.4, 0.5) is 13.2 Å². The van der Waals surface area contributed by atoms with Gasteiger partial charge in [0, 0.05) is 35.8 Å². The zero-order valence-electron chi connectivity index (χ0n) is 23.4. The maximum Gasteiger partial charge on any atom is 0.405 e. The summed E-state index contributed by atoms with van der Waals surface area (Å²) in [5.41, 5.74) is 1.98. The Kier molecular flexibility index (Phi) is 10.2. The molecule has 0 aliphatic heterocycles. The van der Waals surface area contributed by atoms with Crippen LogP contribution in [0.25, 0.3) is 10.9 Å². The number of benzene rings is 2. The normalized spacial score (nSPS) is 12.7. The summed E-state index contributed by atoms with van der Waals surface area (Å²) < 4.78 is 47.9. The summed E-state index contributed by atoms with van der Waals surface area (Å²) in [5, 5.41) is 12.8. The third-order valence-electron chi connectivity index (χ3n) is 6.84. The molecule has 2 N–H and O–H groups in total. The minimum Gasteiger partial charge on any atom is -0.506 e. The zero-order valence-corrected chi connectivity index (χ0v) is 24.3. The number of pyridine rings is 1. The first-order valence-electron chi connectivity index (χ1n) is 13.8. The van der Waals surface area contributed by atoms with E-state index in [0.29, 0.717) is 40.4 Å². The van der Waals surface area contributed by atoms with Crippen LogP contribution in [0.2, 0.25) is 0 Å². The van der Waals surface area contributed by atoms with Crippen LogP contribution in [0.5, 0.6) is 17.4 Å². The summed E-state index contributed by atoms with van der Waals surface area (Å²) in [4.78, 5) is 29.2. The Hall–Kier alpha value is -3.91. The molecule has 222 valence electrons. The molecule has 0 bridgehead atoms. The van der Waals surface area contributed by atoms with Gasteiger partial charge < -0.3 is 15.2 Å². The SMILES string of the molecule is CCCC(CCCC(=O)c1ccc(Oc2ccc(C)cn2)cc1)Cp1cc2c(O)c(C(=O)NCC(F)(F)F)ccc2n1. The molecule has 2 aromatic heterocycles. The Morgan fingerprint density at radius 1 is 1.07 bits per heavy atom. The number of alkyl halides is 3. The van der Waals surface area contributed by atoms with E-state index in [2.05, 4.69) is 11.9 Å². The number of fused-ring (bicyclic) bond motifs is 1. The molecule has 11 heteroatoms. The lowest BCUT2D eigenvalue weighted by Crippen LogP contribution is -2.33. The number of carbonyl (C=O) groups excluding carboxylic acids is 2. The summed E-state index contributed by atoms with van der Waals surface area (Å²) in [6.07, 6.45) is 1.86. The second-order valence-electron chi connectivity index (χ2n) is 10.3. The van der Waals surface area contributed by atoms with Crippen LogP contribution in [-0.4, -0.2) is 39.2 Å². The molecular formula is C31H33F3N3O4P. The maximum absolute atomic E-state index is 12.8. The third kappa shape index (κ3) is 8.55. The molecular weight excluding hydrogens is 566 g/mol. The maximum atomic E-state index is 12.8. The minimum absolute atomic E-state index is 0.0572. The molecule has 0 saturated heterocycles. The first-order valence-corrected chi connectivity index (χ1v) is 15.3. The number of phenolic OH excluding ortho intramolecular Hbond substituents is 1. The highest BCUT2D eigenvalue weighted by atomic mass is 31.1. The fraction of sp³-hybridized carbons (Fsp3) is 0.355. The van der Waals surface area contributed by atoms with Gasteiger partial charge in [-0.25, -0.2) is 9.73 Å². The molecule has 0 fully saturated rings. The first-order chi connectivity index (χ1) is 20.0. The van der Waals surface area contributed by atoms with E-state index in [1.54, 1.807) is 47.9 Å². The molecule has 0 aliphatic rings. The van der Waals surface area contributed by atoms with Gasteiger partial charge in [0.25, 0.3) is 5.91 Å². The van der Waals surface area contributed by atoms with Gasteiger partial charge in [0.15, 0.2) is 5.78 Å². The van der Waals surface area contributed by atoms with Gasteiger partial charge in [-0.15, -0.1) is 0 Å². The minimum atomic E-state index is -4.55. The Bertz CT molecular complexity index is 1520. The Labute approximate surface area is 243 Å². The van der Waals surface area contributed by atoms with Crippen LogP contribution in [-0.2, 0) is 6.16 Å². The number of Topliss-reactive ketones (excluding diaryl/α,β-unsaturated/α-hetero) is 1. The molecule has 42 heavy (non-hydrogen) atoms. The van der Waals surface area contributed by atoms with Gasteiger partial charge in [-0.05, 0) is 81.1 Å². The first kappa shape index (κ1) is 31.0. The number of nitrogens with one attached hydrogen (secondary N) is 1. The molecule has 1 amide bonds. The molecule has 0 aliphatic carbocycles. The van der Waals surface area contributed by atoms with Crippen LogP contribution in [0.3, 0.4) is 0 Å². The van der Waals surface area contributed by atoms with E-state index in [1.165, 1.54) is 6.07 Å². The summed E-state index contributed by atoms with van der Waals surface area (Å²) in [6.45, 7) is 2.57. The van der Waals surface area contributed by atoms with Crippen molar-refractivity contribution in [3.8, 4) is 17.4 Å². The number of ether oxygens (including phenoxy) is 1. The summed E-state index contributed by atoms with van der Waals surface area (Å²) in [5.74, 6) is 1.94. The monoisotopic (exact) mass is 599 g/mol. The highest BCUT2D eigenvalue weighted by Gasteiger charge is 2.28. The summed E-state index contributed by atoms with van der Waals surface area (Å²) in [6, 6.07) is 13.6. The number of hydrogen-bond acceptors (Lipinski definition) is 6. The number of aromatic nitrogens is 2. The number of nitrogens with zero attached hydrogens (tertiary/aromatic N) is 2. The number of ketones is 1. The van der Waals surface area contributed by atoms with Crippen molar-refractivity contribution in [2.75, 3.05) is 6.54 Å². The van der Waals surface area contributed by atoms with Gasteiger partial charge in [-0.3, -0.25) is 9.59 Å². The molecule has 2 unspecified atom stereocenters. The number of halogens is 3. The highest BCUT2D eigenvalue weighted by Crippen LogP contribution is 2.40. The fourth-order valence-corrected chi connectivity index (χ4v) is 6.86. The molecule has 2 aromatic carbocycles. The average molecular weight is 600 g/mol. The second kappa shape index (κ2) is 13.8. The van der Waals surface area contributed by atoms with Crippen molar-refractivity contribution in [3.05, 3.63) is 77.2 Å². The van der Waals surface area contributed by atoms with E-state index in [0.717, 1.165) is 37.4 Å². The van der Waals surface area contributed by atoms with E-state index < -0.39 is 26.3 Å². The lowest BCUT2D eigenvalue weighted by molar-refractivity contribution is -0.123. The van der Waals surface area contributed by atoms with Gasteiger partial charge in [-0.2, -0.15) is 13.2 Å². The summed E-state index contributed by atoms with van der Waals surface area (Å²) >= 11 is 0. The number of rotatable bonds is 13. The predicted molar refractivity (Wildman–Crippen MR) is 157 cm³/mol. The number of carbonyl (C=O) groups is 2. The Morgan fingerprint density at radius 2 is 1.83 bits per heavy atom. The van der Waals surface area contributed by atoms with Gasteiger partial charge in [0.2, 0.25) is 5.88 Å². The standard InChI is InChI=1S/C31H33F3N3O4P/c1-3-5-21(6-4-7-27(38)22-9-11-23(12-10-22)41-28-15-8-20(2)16-35-28)17-42-18-25-26(37-42)14-13-24(29(25)39)30(40)36-19-31(32,33)34/h8-16,18,21,39H,3-7,17,19H2,1-2H3,(H,36,40). The van der Waals surface area contributed by atoms with E-state index in [9.17, 15) is 27.9 Å². The topological polar surface area (TPSA) is 101 Å². The number of hydrogen-bond donors (Lipinski definition) is 2. The van der Waals surface area contributed by atoms with Crippen molar-refractivity contribution >= 4 is 30.3 Å². The van der Waals surface area contributed by atoms with Crippen molar-refractivity contribution < 1.29 is 32.6 Å². The van der Waals surface area contributed by atoms with Crippen molar-refractivity contribution in [1.29, 1.82) is 0 Å². The Balaban J connectivity index is 1.32. The molecule has 4 aromatic rings. The zero-order chi connectivity index (χ0) is 30.3. The lowest BCUT2D eigenvalue weighted by Gasteiger charge is -2.15. The average Bonchev–Trinajstić information content (AvgIpc) is 3.37. The van der Waals surface area contributed by atoms with E-state index in [-0.39, 0.29) is 17.1 Å². The summed E-state index contributed by atoms with van der Waals surface area (Å²) in [7, 11) is -0.975. The fourth-order valence-electron chi connectivity index (χ4n) is 4.72. The molecule has 0 spiro atoms. The second-order valence-corrected chi connectivity index (χ2v) is 12.0. The van der Waals surface area contributed by atoms with Crippen LogP contribution in [0.15, 0.2) is 60.5 Å². The number of aromatic hydroxyl groups is 1. The van der Waals surface area contributed by atoms with Gasteiger partial charge in [0.05, 0.1) is 11.1 Å². The molecule has 0 saturated carbocycles. The quantitative estimate of drug-likeness (QED) is 0.150. The van der Waals surface area contributed by atoms with Crippen molar-refractivity contribution in [3.63, 3.8) is 0 Å². The number of amides is 1. The van der Waals surface area contributed by atoms with Gasteiger partial charge in [-0.1, -0.05) is 25.8 Å². The predicted octanol–water partition coefficient (Wildman–Crippen LogP) is 8.18. The van der Waals surface area contributed by atoms with E-state index in [4.69, 9.17) is 9.48 Å². The van der Waals surface area contributed by atoms with Crippen LogP contribution in [0, 0.1) is 12.8 Å². The molecule has 7 nitrogen and oxygen atoms in total. The largest absolute Gasteiger partial charge is 0.506 e. The van der Waals surface area contributed by atoms with E-state index in [1.807, 2.05) is 18.8 Å². The lowest BCUT2D eigenvalue weighted by atomic mass is 9.97. The highest BCUT2D eigenvalue weighted by molar-refractivity contribution is 7.44. The molecule has 2 atom stereocenters. The number of aryl methyl sites for hydroxylation is 1.